The number of halogens is 1. The molecule has 8 heteroatoms. The summed E-state index contributed by atoms with van der Waals surface area (Å²) >= 11 is 3.16. The summed E-state index contributed by atoms with van der Waals surface area (Å²) in [5.41, 5.74) is 0. The maximum atomic E-state index is 12.7. The largest absolute Gasteiger partial charge is 0.240 e. The Morgan fingerprint density at radius 2 is 2.05 bits per heavy atom. The van der Waals surface area contributed by atoms with Crippen LogP contribution in [0.15, 0.2) is 45.1 Å². The van der Waals surface area contributed by atoms with E-state index in [1.807, 2.05) is 5.38 Å². The number of rotatable bonds is 7. The summed E-state index contributed by atoms with van der Waals surface area (Å²) in [6.45, 7) is 0.345. The first-order valence-corrected chi connectivity index (χ1v) is 9.20. The molecule has 1 heterocycles. The third kappa shape index (κ3) is 4.55. The molecule has 0 aliphatic heterocycles. The van der Waals surface area contributed by atoms with Crippen LogP contribution >= 0.6 is 23.1 Å². The van der Waals surface area contributed by atoms with Crippen LogP contribution in [0.4, 0.5) is 4.39 Å². The van der Waals surface area contributed by atoms with E-state index >= 15 is 0 Å². The van der Waals surface area contributed by atoms with Gasteiger partial charge >= 0.3 is 0 Å². The van der Waals surface area contributed by atoms with Crippen molar-refractivity contribution in [2.45, 2.75) is 15.7 Å². The van der Waals surface area contributed by atoms with Gasteiger partial charge in [-0.25, -0.2) is 22.5 Å². The summed E-state index contributed by atoms with van der Waals surface area (Å²) in [7, 11) is -3.55. The number of nitrogens with one attached hydrogen (secondary N) is 1. The normalized spacial score (nSPS) is 11.7. The van der Waals surface area contributed by atoms with Gasteiger partial charge in [0, 0.05) is 23.9 Å². The van der Waals surface area contributed by atoms with Crippen LogP contribution in [0.5, 0.6) is 0 Å². The van der Waals surface area contributed by atoms with E-state index in [1.165, 1.54) is 12.1 Å². The molecule has 0 saturated heterocycles. The fourth-order valence-corrected chi connectivity index (χ4v) is 4.14. The summed E-state index contributed by atoms with van der Waals surface area (Å²) in [5.74, 6) is 0.336. The van der Waals surface area contributed by atoms with E-state index in [0.29, 0.717) is 13.0 Å². The van der Waals surface area contributed by atoms with Crippen molar-refractivity contribution in [1.82, 2.24) is 9.71 Å². The average Bonchev–Trinajstić information content (AvgIpc) is 2.92. The standard InChI is InChI=1S/C12H13FN2O2S3/c13-10-2-4-11(5-3-10)20(16,17)15-6-1-8-18-12-14-7-9-19-12/h2-5,7,9,15H,1,6,8H2. The zero-order chi connectivity index (χ0) is 14.4. The van der Waals surface area contributed by atoms with Crippen LogP contribution in [0.2, 0.25) is 0 Å². The van der Waals surface area contributed by atoms with Crippen molar-refractivity contribution in [3.8, 4) is 0 Å². The minimum absolute atomic E-state index is 0.0754. The molecule has 0 fully saturated rings. The van der Waals surface area contributed by atoms with E-state index < -0.39 is 15.8 Å². The van der Waals surface area contributed by atoms with Gasteiger partial charge in [-0.1, -0.05) is 11.8 Å². The van der Waals surface area contributed by atoms with E-state index in [1.54, 1.807) is 29.3 Å². The molecule has 1 N–H and O–H groups in total. The first-order valence-electron chi connectivity index (χ1n) is 5.85. The van der Waals surface area contributed by atoms with Gasteiger partial charge in [0.05, 0.1) is 4.90 Å². The van der Waals surface area contributed by atoms with Crippen LogP contribution in [0.1, 0.15) is 6.42 Å². The number of hydrogen-bond donors (Lipinski definition) is 1. The molecule has 108 valence electrons. The number of aromatic nitrogens is 1. The highest BCUT2D eigenvalue weighted by atomic mass is 32.2. The number of thioether (sulfide) groups is 1. The van der Waals surface area contributed by atoms with Crippen LogP contribution < -0.4 is 4.72 Å². The van der Waals surface area contributed by atoms with Gasteiger partial charge in [0.25, 0.3) is 0 Å². The topological polar surface area (TPSA) is 59.1 Å². The van der Waals surface area contributed by atoms with Gasteiger partial charge in [0.15, 0.2) is 0 Å². The SMILES string of the molecule is O=S(=O)(NCCCSc1nccs1)c1ccc(F)cc1. The van der Waals surface area contributed by atoms with Gasteiger partial charge < -0.3 is 0 Å². The number of thiazole rings is 1. The Morgan fingerprint density at radius 1 is 1.30 bits per heavy atom. The van der Waals surface area contributed by atoms with Crippen LogP contribution in [0, 0.1) is 5.82 Å². The van der Waals surface area contributed by atoms with E-state index in [2.05, 4.69) is 9.71 Å². The molecule has 0 radical (unpaired) electrons. The molecule has 1 aromatic heterocycles. The van der Waals surface area contributed by atoms with Gasteiger partial charge in [-0.15, -0.1) is 11.3 Å². The predicted molar refractivity (Wildman–Crippen MR) is 79.0 cm³/mol. The Hall–Kier alpha value is -0.960. The van der Waals surface area contributed by atoms with Gasteiger partial charge in [-0.2, -0.15) is 0 Å². The molecule has 0 saturated carbocycles. The number of benzene rings is 1. The summed E-state index contributed by atoms with van der Waals surface area (Å²) < 4.78 is 40.0. The van der Waals surface area contributed by atoms with Gasteiger partial charge in [-0.3, -0.25) is 0 Å². The lowest BCUT2D eigenvalue weighted by Gasteiger charge is -2.06. The molecule has 20 heavy (non-hydrogen) atoms. The highest BCUT2D eigenvalue weighted by Crippen LogP contribution is 2.20. The minimum Gasteiger partial charge on any atom is -0.238 e. The molecule has 2 aromatic rings. The van der Waals surface area contributed by atoms with Gasteiger partial charge in [-0.05, 0) is 30.7 Å². The minimum atomic E-state index is -3.55. The molecular weight excluding hydrogens is 319 g/mol. The highest BCUT2D eigenvalue weighted by Gasteiger charge is 2.12. The maximum Gasteiger partial charge on any atom is 0.240 e. The average molecular weight is 332 g/mol. The number of hydrogen-bond acceptors (Lipinski definition) is 5. The lowest BCUT2D eigenvalue weighted by Crippen LogP contribution is -2.25. The molecule has 0 bridgehead atoms. The fourth-order valence-electron chi connectivity index (χ4n) is 1.42. The van der Waals surface area contributed by atoms with Crippen LogP contribution in [-0.4, -0.2) is 25.7 Å². The quantitative estimate of drug-likeness (QED) is 0.626. The molecule has 0 unspecified atom stereocenters. The third-order valence-electron chi connectivity index (χ3n) is 2.37. The Balaban J connectivity index is 1.76. The summed E-state index contributed by atoms with van der Waals surface area (Å²) in [5, 5.41) is 1.90. The van der Waals surface area contributed by atoms with Crippen LogP contribution in [0.25, 0.3) is 0 Å². The lowest BCUT2D eigenvalue weighted by molar-refractivity contribution is 0.580. The zero-order valence-electron chi connectivity index (χ0n) is 10.5. The summed E-state index contributed by atoms with van der Waals surface area (Å²) in [4.78, 5) is 4.20. The summed E-state index contributed by atoms with van der Waals surface area (Å²) in [6, 6.07) is 4.77. The van der Waals surface area contributed by atoms with E-state index in [0.717, 1.165) is 22.2 Å². The fraction of sp³-hybridized carbons (Fsp3) is 0.250. The molecule has 0 atom stereocenters. The molecule has 2 rings (SSSR count). The van der Waals surface area contributed by atoms with Crippen molar-refractivity contribution >= 4 is 33.1 Å². The van der Waals surface area contributed by atoms with Crippen LogP contribution in [0.3, 0.4) is 0 Å². The lowest BCUT2D eigenvalue weighted by atomic mass is 10.4. The van der Waals surface area contributed by atoms with Crippen molar-refractivity contribution in [2.75, 3.05) is 12.3 Å². The Kier molecular flexibility index (Phi) is 5.53. The first kappa shape index (κ1) is 15.4. The van der Waals surface area contributed by atoms with Crippen molar-refractivity contribution in [1.29, 1.82) is 0 Å². The molecule has 0 aliphatic carbocycles. The second kappa shape index (κ2) is 7.16. The van der Waals surface area contributed by atoms with Gasteiger partial charge in [0.1, 0.15) is 10.2 Å². The van der Waals surface area contributed by atoms with Crippen molar-refractivity contribution in [2.24, 2.45) is 0 Å². The zero-order valence-corrected chi connectivity index (χ0v) is 12.9. The molecule has 4 nitrogen and oxygen atoms in total. The van der Waals surface area contributed by atoms with Crippen LogP contribution in [-0.2, 0) is 10.0 Å². The Bertz CT molecular complexity index is 627. The highest BCUT2D eigenvalue weighted by molar-refractivity contribution is 8.01. The molecule has 0 amide bonds. The summed E-state index contributed by atoms with van der Waals surface area (Å²) in [6.07, 6.45) is 2.44. The molecule has 0 spiro atoms. The monoisotopic (exact) mass is 332 g/mol. The van der Waals surface area contributed by atoms with Crippen molar-refractivity contribution < 1.29 is 12.8 Å². The Morgan fingerprint density at radius 3 is 2.70 bits per heavy atom. The van der Waals surface area contributed by atoms with Crippen molar-refractivity contribution in [3.63, 3.8) is 0 Å². The predicted octanol–water partition coefficient (Wildman–Crippen LogP) is 2.74. The number of nitrogens with zero attached hydrogens (tertiary/aromatic N) is 1. The van der Waals surface area contributed by atoms with E-state index in [4.69, 9.17) is 0 Å². The number of sulfonamides is 1. The van der Waals surface area contributed by atoms with E-state index in [9.17, 15) is 12.8 Å². The molecule has 1 aromatic carbocycles. The van der Waals surface area contributed by atoms with Crippen molar-refractivity contribution in [3.05, 3.63) is 41.7 Å². The smallest absolute Gasteiger partial charge is 0.238 e. The third-order valence-corrected chi connectivity index (χ3v) is 5.90. The second-order valence-electron chi connectivity index (χ2n) is 3.85. The Labute approximate surface area is 125 Å². The first-order chi connectivity index (χ1) is 9.58. The second-order valence-corrected chi connectivity index (χ2v) is 7.86. The maximum absolute atomic E-state index is 12.7. The van der Waals surface area contributed by atoms with Gasteiger partial charge in [0.2, 0.25) is 10.0 Å². The molecular formula is C12H13FN2O2S3. The molecule has 0 aliphatic rings. The van der Waals surface area contributed by atoms with E-state index in [-0.39, 0.29) is 4.90 Å².